The Hall–Kier alpha value is -2.34. The maximum Gasteiger partial charge on any atom is 0.322 e. The van der Waals surface area contributed by atoms with Crippen molar-refractivity contribution in [2.75, 3.05) is 0 Å². The lowest BCUT2D eigenvalue weighted by molar-refractivity contribution is -0.255. The summed E-state index contributed by atoms with van der Waals surface area (Å²) in [4.78, 5) is 61.0. The largest absolute Gasteiger partial charge is 0.481 e. The second kappa shape index (κ2) is 22.5. The molecule has 0 aromatic heterocycles. The normalized spacial score (nSPS) is 30.3. The van der Waals surface area contributed by atoms with E-state index >= 15 is 9.59 Å². The van der Waals surface area contributed by atoms with Gasteiger partial charge in [-0.3, -0.25) is 19.2 Å². The van der Waals surface area contributed by atoms with Crippen molar-refractivity contribution in [3.8, 4) is 0 Å². The first-order chi connectivity index (χ1) is 38.0. The summed E-state index contributed by atoms with van der Waals surface area (Å²) in [5.74, 6) is -8.54. The van der Waals surface area contributed by atoms with Gasteiger partial charge in [0.25, 0.3) is 0 Å². The molecular weight excluding hydrogens is 1080 g/mol. The van der Waals surface area contributed by atoms with Crippen LogP contribution in [-0.2, 0) is 19.2 Å². The monoisotopic (exact) mass is 1210 g/mol. The lowest BCUT2D eigenvalue weighted by atomic mass is 9.22. The predicted molar refractivity (Wildman–Crippen MR) is 353 cm³/mol. The smallest absolute Gasteiger partial charge is 0.322 e. The van der Waals surface area contributed by atoms with Crippen molar-refractivity contribution >= 4 is 30.6 Å². The Morgan fingerprint density at radius 2 is 0.442 bits per heavy atom. The number of hydrogen-bond acceptors (Lipinski definition) is 11. The molecule has 1 atom stereocenters. The van der Waals surface area contributed by atoms with Crippen molar-refractivity contribution in [1.82, 2.24) is 37.2 Å². The highest BCUT2D eigenvalue weighted by Gasteiger charge is 2.85. The molecule has 0 aromatic carbocycles. The number of rotatable bonds is 13. The quantitative estimate of drug-likeness (QED) is 0.0608. The minimum atomic E-state index is -3.07. The average Bonchev–Trinajstić information content (AvgIpc) is 0.659. The number of aliphatic carboxylic acids is 4. The summed E-state index contributed by atoms with van der Waals surface area (Å²) in [7, 11) is 0. The molecule has 7 fully saturated rings. The Bertz CT molecular complexity index is 2290. The summed E-state index contributed by atoms with van der Waals surface area (Å²) in [6.07, 6.45) is 8.80. The number of carboxylic acid groups (broad SMARTS) is 4. The third-order valence-corrected chi connectivity index (χ3v) is 22.2. The van der Waals surface area contributed by atoms with Crippen molar-refractivity contribution in [3.05, 3.63) is 0 Å². The third-order valence-electron chi connectivity index (χ3n) is 22.2. The molecule has 7 aliphatic heterocycles. The molecule has 0 aromatic rings. The van der Waals surface area contributed by atoms with Crippen molar-refractivity contribution in [1.29, 1.82) is 0 Å². The van der Waals surface area contributed by atoms with Gasteiger partial charge < -0.3 is 57.6 Å². The van der Waals surface area contributed by atoms with Gasteiger partial charge in [-0.15, -0.1) is 0 Å². The zero-order chi connectivity index (χ0) is 66.3. The fraction of sp³-hybridized carbons (Fsp3) is 0.943. The van der Waals surface area contributed by atoms with Gasteiger partial charge in [0.1, 0.15) is 12.1 Å². The molecule has 1 unspecified atom stereocenters. The van der Waals surface area contributed by atoms with Crippen LogP contribution >= 0.6 is 0 Å². The maximum atomic E-state index is 15.6. The highest BCUT2D eigenvalue weighted by molar-refractivity contribution is 6.64. The number of hydrogen-bond donors (Lipinski definition) is 11. The molecule has 0 spiro atoms. The molecule has 0 aliphatic carbocycles. The average molecular weight is 1210 g/mol. The first-order valence-electron chi connectivity index (χ1n) is 33.5. The van der Waals surface area contributed by atoms with Crippen LogP contribution in [0.1, 0.15) is 284 Å². The highest BCUT2D eigenvalue weighted by atomic mass is 16.4. The number of carboxylic acids is 4. The number of carbonyl (C=O) groups is 4. The van der Waals surface area contributed by atoms with Gasteiger partial charge in [-0.1, -0.05) is 17.5 Å². The number of piperidine rings is 7. The van der Waals surface area contributed by atoms with Gasteiger partial charge >= 0.3 is 23.9 Å². The molecule has 16 heteroatoms. The fourth-order valence-corrected chi connectivity index (χ4v) is 23.8. The first-order valence-corrected chi connectivity index (χ1v) is 33.5. The molecule has 7 rings (SSSR count). The van der Waals surface area contributed by atoms with Crippen LogP contribution in [0.3, 0.4) is 0 Å². The minimum Gasteiger partial charge on any atom is -0.481 e. The molecule has 7 saturated heterocycles. The second-order valence-corrected chi connectivity index (χ2v) is 39.5. The van der Waals surface area contributed by atoms with E-state index in [2.05, 4.69) is 120 Å². The molecule has 11 N–H and O–H groups in total. The van der Waals surface area contributed by atoms with Gasteiger partial charge in [0.15, 0.2) is 5.41 Å². The van der Waals surface area contributed by atoms with E-state index in [1.807, 2.05) is 111 Å². The Kier molecular flexibility index (Phi) is 19.0. The minimum absolute atomic E-state index is 0.0178. The molecule has 0 saturated carbocycles. The molecule has 0 amide bonds. The van der Waals surface area contributed by atoms with Crippen LogP contribution in [0.25, 0.3) is 0 Å². The summed E-state index contributed by atoms with van der Waals surface area (Å²) in [6, 6.07) is 0. The van der Waals surface area contributed by atoms with E-state index in [9.17, 15) is 30.0 Å². The molecule has 7 aliphatic rings. The Morgan fingerprint density at radius 1 is 0.267 bits per heavy atom. The van der Waals surface area contributed by atoms with E-state index in [1.54, 1.807) is 0 Å². The second-order valence-electron chi connectivity index (χ2n) is 39.5. The standard InChI is InChI=1S/C43H76N4O8.C27H54BN3/c1-33(2)17-25(18-34(3,4)44-33)41(29(48)49,26-19-35(5,6)45-36(7,8)20-26)43(32(54)55,28-23-39(13,14)47-40(15,16)24-28)42(30(50)51,31(52)53)27-21-37(9,10)46-38(11,12)22-27;1-22(2)13-19(14-23(3,4)29-22)28(20-15-24(5,6)30-25(7,8)16-20)21-17-26(9,10)31-27(11,12)18-21/h25-28,44-47H,17-24H2,1-16H3,(H,48,49)(H,50,51)(H,52,53)(H,54,55);19-21,29-31H,13-18H2,1-12H3. The molecule has 7 heterocycles. The van der Waals surface area contributed by atoms with Gasteiger partial charge in [-0.05, 0) is 307 Å². The summed E-state index contributed by atoms with van der Waals surface area (Å²) in [6.45, 7) is 61.0. The lowest BCUT2D eigenvalue weighted by Gasteiger charge is -2.68. The zero-order valence-electron chi connectivity index (χ0n) is 59.9. The Labute approximate surface area is 523 Å². The Morgan fingerprint density at radius 3 is 0.616 bits per heavy atom. The highest BCUT2D eigenvalue weighted by Crippen LogP contribution is 2.73. The molecule has 0 bridgehead atoms. The van der Waals surface area contributed by atoms with Crippen LogP contribution in [0.15, 0.2) is 0 Å². The fourth-order valence-electron chi connectivity index (χ4n) is 23.8. The van der Waals surface area contributed by atoms with Crippen LogP contribution in [0.4, 0.5) is 0 Å². The van der Waals surface area contributed by atoms with E-state index in [1.165, 1.54) is 38.5 Å². The molecule has 86 heavy (non-hydrogen) atoms. The maximum absolute atomic E-state index is 15.6. The van der Waals surface area contributed by atoms with Crippen LogP contribution in [0, 0.1) is 39.9 Å². The van der Waals surface area contributed by atoms with Crippen LogP contribution in [-0.4, -0.2) is 129 Å². The number of nitrogens with one attached hydrogen (secondary N) is 7. The molecule has 15 nitrogen and oxygen atoms in total. The summed E-state index contributed by atoms with van der Waals surface area (Å²) < 4.78 is 0. The van der Waals surface area contributed by atoms with Gasteiger partial charge in [0.05, 0.1) is 5.41 Å². The molecular formula is C70H130BN7O8. The van der Waals surface area contributed by atoms with Gasteiger partial charge in [-0.2, -0.15) is 0 Å². The van der Waals surface area contributed by atoms with E-state index in [0.29, 0.717) is 0 Å². The van der Waals surface area contributed by atoms with Crippen LogP contribution in [0.2, 0.25) is 17.5 Å². The van der Waals surface area contributed by atoms with Gasteiger partial charge in [0.2, 0.25) is 0 Å². The van der Waals surface area contributed by atoms with Crippen molar-refractivity contribution in [2.45, 2.75) is 379 Å². The van der Waals surface area contributed by atoms with E-state index in [4.69, 9.17) is 0 Å². The van der Waals surface area contributed by atoms with E-state index < -0.39 is 108 Å². The molecule has 0 radical (unpaired) electrons. The van der Waals surface area contributed by atoms with Gasteiger partial charge in [0, 0.05) is 77.5 Å². The first kappa shape index (κ1) is 72.7. The SMILES string of the molecule is CC1(C)CC(B(C2CC(C)(C)NC(C)(C)C2)C2CC(C)(C)NC(C)(C)C2)CC(C)(C)N1.CC1(C)CC(C(C(=O)O)(C(=O)O)C(C(=O)O)(C2CC(C)(C)NC(C)(C)C2)C(C(=O)O)(C2CC(C)(C)NC(C)(C)C2)C2CC(C)(C)NC(C)(C)C2)CC(C)(C)N1. The Balaban J connectivity index is 0.000000321. The van der Waals surface area contributed by atoms with Gasteiger partial charge in [-0.25, -0.2) is 0 Å². The van der Waals surface area contributed by atoms with Crippen molar-refractivity contribution < 1.29 is 39.6 Å². The van der Waals surface area contributed by atoms with Crippen molar-refractivity contribution in [2.24, 2.45) is 39.9 Å². The summed E-state index contributed by atoms with van der Waals surface area (Å²) >= 11 is 0. The van der Waals surface area contributed by atoms with Crippen LogP contribution in [0.5, 0.6) is 0 Å². The third kappa shape index (κ3) is 15.1. The van der Waals surface area contributed by atoms with Crippen molar-refractivity contribution in [3.63, 3.8) is 0 Å². The lowest BCUT2D eigenvalue weighted by Crippen LogP contribution is -2.80. The predicted octanol–water partition coefficient (Wildman–Crippen LogP) is 12.9. The zero-order valence-corrected chi connectivity index (χ0v) is 59.9. The van der Waals surface area contributed by atoms with Crippen LogP contribution < -0.4 is 37.2 Å². The van der Waals surface area contributed by atoms with E-state index in [-0.39, 0.29) is 84.6 Å². The summed E-state index contributed by atoms with van der Waals surface area (Å²) in [5.41, 5.74) is -13.0. The van der Waals surface area contributed by atoms with E-state index in [0.717, 1.165) is 24.2 Å². The summed E-state index contributed by atoms with van der Waals surface area (Å²) in [5, 5.41) is 75.9. The topological polar surface area (TPSA) is 233 Å². The molecule has 496 valence electrons.